The molecule has 1 aromatic rings. The molecule has 0 saturated heterocycles. The molecule has 0 heterocycles. The molecule has 0 N–H and O–H groups in total. The molecule has 83 valence electrons. The Hall–Kier alpha value is -1.31. The smallest absolute Gasteiger partial charge is 0.373 e. The second-order valence-electron chi connectivity index (χ2n) is 2.34. The third kappa shape index (κ3) is 2.58. The molecule has 0 bridgehead atoms. The molecule has 1 radical (unpaired) electrons. The number of hydrogen-bond donors (Lipinski definition) is 0. The predicted octanol–water partition coefficient (Wildman–Crippen LogP) is 1.85. The van der Waals surface area contributed by atoms with E-state index in [1.54, 1.807) is 0 Å². The first-order chi connectivity index (χ1) is 6.74. The molecular weight excluding hydrogens is 240 g/mol. The SMILES string of the molecule is O=S(=O)(Oc1c[c]ccc1F)C(F)(F)F. The monoisotopic (exact) mass is 243 g/mol. The van der Waals surface area contributed by atoms with Crippen molar-refractivity contribution in [1.29, 1.82) is 0 Å². The first-order valence-electron chi connectivity index (χ1n) is 3.40. The molecule has 0 fully saturated rings. The zero-order valence-corrected chi connectivity index (χ0v) is 7.69. The number of benzene rings is 1. The third-order valence-corrected chi connectivity index (χ3v) is 2.22. The Kier molecular flexibility index (Phi) is 2.89. The van der Waals surface area contributed by atoms with Gasteiger partial charge in [0.2, 0.25) is 0 Å². The average Bonchev–Trinajstić information content (AvgIpc) is 2.06. The second-order valence-corrected chi connectivity index (χ2v) is 3.88. The van der Waals surface area contributed by atoms with E-state index in [-0.39, 0.29) is 0 Å². The van der Waals surface area contributed by atoms with Gasteiger partial charge in [-0.05, 0) is 18.2 Å². The van der Waals surface area contributed by atoms with Gasteiger partial charge in [0.1, 0.15) is 0 Å². The van der Waals surface area contributed by atoms with Gasteiger partial charge in [-0.1, -0.05) is 6.07 Å². The van der Waals surface area contributed by atoms with Gasteiger partial charge in [0, 0.05) is 0 Å². The van der Waals surface area contributed by atoms with Crippen LogP contribution < -0.4 is 4.18 Å². The van der Waals surface area contributed by atoms with E-state index < -0.39 is 27.2 Å². The molecule has 0 aliphatic heterocycles. The van der Waals surface area contributed by atoms with Crippen LogP contribution in [0.25, 0.3) is 0 Å². The summed E-state index contributed by atoms with van der Waals surface area (Å²) in [5.41, 5.74) is -5.59. The molecule has 1 rings (SSSR count). The van der Waals surface area contributed by atoms with Crippen molar-refractivity contribution in [3.05, 3.63) is 30.1 Å². The lowest BCUT2D eigenvalue weighted by Crippen LogP contribution is -2.28. The zero-order valence-electron chi connectivity index (χ0n) is 6.88. The van der Waals surface area contributed by atoms with Crippen LogP contribution in [0.2, 0.25) is 0 Å². The Bertz CT molecular complexity index is 452. The lowest BCUT2D eigenvalue weighted by atomic mass is 10.3. The average molecular weight is 243 g/mol. The summed E-state index contributed by atoms with van der Waals surface area (Å²) in [7, 11) is -5.83. The summed E-state index contributed by atoms with van der Waals surface area (Å²) in [5, 5.41) is 0. The molecule has 0 saturated carbocycles. The topological polar surface area (TPSA) is 43.4 Å². The Morgan fingerprint density at radius 1 is 1.33 bits per heavy atom. The molecule has 1 aromatic carbocycles. The van der Waals surface area contributed by atoms with Gasteiger partial charge in [0.05, 0.1) is 0 Å². The molecule has 0 aliphatic rings. The standard InChI is InChI=1S/C7H3F4O3S/c8-5-3-1-2-4-6(5)14-15(12,13)7(9,10)11/h1,3-4H. The number of alkyl halides is 3. The van der Waals surface area contributed by atoms with Gasteiger partial charge in [-0.2, -0.15) is 21.6 Å². The van der Waals surface area contributed by atoms with Gasteiger partial charge in [-0.3, -0.25) is 0 Å². The minimum Gasteiger partial charge on any atom is -0.373 e. The van der Waals surface area contributed by atoms with Crippen molar-refractivity contribution in [2.75, 3.05) is 0 Å². The van der Waals surface area contributed by atoms with Crippen molar-refractivity contribution in [3.63, 3.8) is 0 Å². The lowest BCUT2D eigenvalue weighted by molar-refractivity contribution is -0.0500. The highest BCUT2D eigenvalue weighted by Crippen LogP contribution is 2.27. The lowest BCUT2D eigenvalue weighted by Gasteiger charge is -2.09. The van der Waals surface area contributed by atoms with Gasteiger partial charge in [0.25, 0.3) is 0 Å². The fourth-order valence-corrected chi connectivity index (χ4v) is 1.08. The van der Waals surface area contributed by atoms with Gasteiger partial charge >= 0.3 is 15.6 Å². The summed E-state index contributed by atoms with van der Waals surface area (Å²) in [4.78, 5) is 0. The van der Waals surface area contributed by atoms with E-state index in [4.69, 9.17) is 0 Å². The first-order valence-corrected chi connectivity index (χ1v) is 4.81. The van der Waals surface area contributed by atoms with Crippen LogP contribution >= 0.6 is 0 Å². The van der Waals surface area contributed by atoms with E-state index in [0.717, 1.165) is 12.1 Å². The van der Waals surface area contributed by atoms with Crippen LogP contribution in [0.3, 0.4) is 0 Å². The van der Waals surface area contributed by atoms with Crippen molar-refractivity contribution in [2.45, 2.75) is 5.51 Å². The molecule has 0 spiro atoms. The van der Waals surface area contributed by atoms with E-state index in [1.165, 1.54) is 0 Å². The fraction of sp³-hybridized carbons (Fsp3) is 0.143. The predicted molar refractivity (Wildman–Crippen MR) is 40.8 cm³/mol. The van der Waals surface area contributed by atoms with Crippen molar-refractivity contribution >= 4 is 10.1 Å². The van der Waals surface area contributed by atoms with E-state index in [0.29, 0.717) is 6.07 Å². The van der Waals surface area contributed by atoms with Crippen molar-refractivity contribution in [1.82, 2.24) is 0 Å². The molecule has 0 aliphatic carbocycles. The molecule has 0 amide bonds. The molecule has 8 heteroatoms. The summed E-state index contributed by atoms with van der Waals surface area (Å²) in [5.74, 6) is -2.27. The molecule has 0 unspecified atom stereocenters. The third-order valence-electron chi connectivity index (χ3n) is 1.26. The summed E-state index contributed by atoms with van der Waals surface area (Å²) < 4.78 is 72.6. The van der Waals surface area contributed by atoms with Crippen LogP contribution in [0.4, 0.5) is 17.6 Å². The fourth-order valence-electron chi connectivity index (χ4n) is 0.625. The quantitative estimate of drug-likeness (QED) is 0.452. The van der Waals surface area contributed by atoms with Gasteiger partial charge in [-0.15, -0.1) is 0 Å². The van der Waals surface area contributed by atoms with Crippen LogP contribution in [-0.4, -0.2) is 13.9 Å². The molecular formula is C7H3F4O3S. The highest BCUT2D eigenvalue weighted by atomic mass is 32.2. The molecule has 15 heavy (non-hydrogen) atoms. The van der Waals surface area contributed by atoms with Crippen LogP contribution in [0.15, 0.2) is 18.2 Å². The minimum atomic E-state index is -5.83. The number of rotatable bonds is 2. The Morgan fingerprint density at radius 2 is 1.93 bits per heavy atom. The Morgan fingerprint density at radius 3 is 2.40 bits per heavy atom. The first kappa shape index (κ1) is 11.8. The zero-order chi connectivity index (χ0) is 11.7. The Labute approximate surface area is 82.4 Å². The van der Waals surface area contributed by atoms with Gasteiger partial charge in [0.15, 0.2) is 11.6 Å². The second kappa shape index (κ2) is 3.69. The van der Waals surface area contributed by atoms with Crippen LogP contribution in [0, 0.1) is 11.9 Å². The van der Waals surface area contributed by atoms with E-state index in [2.05, 4.69) is 10.2 Å². The highest BCUT2D eigenvalue weighted by molar-refractivity contribution is 7.87. The van der Waals surface area contributed by atoms with Crippen LogP contribution in [-0.2, 0) is 10.1 Å². The maximum Gasteiger partial charge on any atom is 0.534 e. The van der Waals surface area contributed by atoms with Crippen molar-refractivity contribution < 1.29 is 30.2 Å². The summed E-state index contributed by atoms with van der Waals surface area (Å²) in [6.07, 6.45) is 0. The van der Waals surface area contributed by atoms with Crippen molar-refractivity contribution in [2.24, 2.45) is 0 Å². The highest BCUT2D eigenvalue weighted by Gasteiger charge is 2.48. The molecule has 0 aromatic heterocycles. The van der Waals surface area contributed by atoms with Gasteiger partial charge in [-0.25, -0.2) is 4.39 Å². The maximum atomic E-state index is 12.7. The van der Waals surface area contributed by atoms with E-state index in [9.17, 15) is 26.0 Å². The van der Waals surface area contributed by atoms with Gasteiger partial charge < -0.3 is 4.18 Å². The van der Waals surface area contributed by atoms with E-state index in [1.807, 2.05) is 0 Å². The molecule has 3 nitrogen and oxygen atoms in total. The summed E-state index contributed by atoms with van der Waals surface area (Å²) >= 11 is 0. The largest absolute Gasteiger partial charge is 0.534 e. The number of halogens is 4. The van der Waals surface area contributed by atoms with Crippen molar-refractivity contribution in [3.8, 4) is 5.75 Å². The van der Waals surface area contributed by atoms with Crippen LogP contribution in [0.5, 0.6) is 5.75 Å². The molecule has 0 atom stereocenters. The van der Waals surface area contributed by atoms with E-state index >= 15 is 0 Å². The summed E-state index contributed by atoms with van der Waals surface area (Å²) in [6.45, 7) is 0. The maximum absolute atomic E-state index is 12.7. The normalized spacial score (nSPS) is 12.5. The summed E-state index contributed by atoms with van der Waals surface area (Å²) in [6, 6.07) is 4.61. The van der Waals surface area contributed by atoms with Crippen LogP contribution in [0.1, 0.15) is 0 Å². The number of hydrogen-bond acceptors (Lipinski definition) is 3. The minimum absolute atomic E-state index is 0.651. The Balaban J connectivity index is 3.03.